The number of anilines is 1. The van der Waals surface area contributed by atoms with Gasteiger partial charge in [-0.05, 0) is 66.9 Å². The van der Waals surface area contributed by atoms with E-state index >= 15 is 0 Å². The Morgan fingerprint density at radius 2 is 1.77 bits per heavy atom. The summed E-state index contributed by atoms with van der Waals surface area (Å²) in [5, 5.41) is 3.43. The van der Waals surface area contributed by atoms with Gasteiger partial charge in [-0.15, -0.1) is 0 Å². The first-order valence-electron chi connectivity index (χ1n) is 8.31. The summed E-state index contributed by atoms with van der Waals surface area (Å²) >= 11 is 5.93. The third-order valence-corrected chi connectivity index (χ3v) is 4.09. The maximum atomic E-state index is 12.3. The number of halogens is 1. The highest BCUT2D eigenvalue weighted by Crippen LogP contribution is 2.19. The second-order valence-electron chi connectivity index (χ2n) is 5.94. The average molecular weight is 367 g/mol. The van der Waals surface area contributed by atoms with Gasteiger partial charge in [-0.1, -0.05) is 29.8 Å². The summed E-state index contributed by atoms with van der Waals surface area (Å²) in [7, 11) is 0. The van der Waals surface area contributed by atoms with Crippen LogP contribution in [0.1, 0.15) is 18.1 Å². The normalized spacial score (nSPS) is 11.6. The number of pyridine rings is 1. The molecular weight excluding hydrogens is 348 g/mol. The summed E-state index contributed by atoms with van der Waals surface area (Å²) in [5.41, 5.74) is 3.09. The van der Waals surface area contributed by atoms with Crippen LogP contribution in [0.4, 0.5) is 5.69 Å². The number of rotatable bonds is 6. The van der Waals surface area contributed by atoms with Crippen LogP contribution in [-0.2, 0) is 11.2 Å². The number of amides is 1. The standard InChI is InChI=1S/C21H19ClN2O2/c1-15(26-20-4-2-3-18(22)14-20)21(25)24-19-7-5-16(6-8-19)13-17-9-11-23-12-10-17/h2-12,14-15H,13H2,1H3,(H,24,25)/t15-/m1/s1. The number of benzene rings is 2. The number of hydrogen-bond donors (Lipinski definition) is 1. The topological polar surface area (TPSA) is 51.2 Å². The lowest BCUT2D eigenvalue weighted by Gasteiger charge is -2.15. The van der Waals surface area contributed by atoms with Gasteiger partial charge in [0.15, 0.2) is 6.10 Å². The first kappa shape index (κ1) is 18.0. The average Bonchev–Trinajstić information content (AvgIpc) is 2.64. The Balaban J connectivity index is 1.57. The Bertz CT molecular complexity index is 867. The van der Waals surface area contributed by atoms with Crippen molar-refractivity contribution in [2.45, 2.75) is 19.4 Å². The lowest BCUT2D eigenvalue weighted by Crippen LogP contribution is -2.30. The molecule has 1 heterocycles. The van der Waals surface area contributed by atoms with Gasteiger partial charge in [-0.2, -0.15) is 0 Å². The zero-order chi connectivity index (χ0) is 18.4. The zero-order valence-electron chi connectivity index (χ0n) is 14.4. The van der Waals surface area contributed by atoms with E-state index in [1.54, 1.807) is 43.6 Å². The Labute approximate surface area is 157 Å². The molecule has 3 rings (SSSR count). The van der Waals surface area contributed by atoms with E-state index in [0.717, 1.165) is 17.7 Å². The number of ether oxygens (including phenoxy) is 1. The molecule has 26 heavy (non-hydrogen) atoms. The summed E-state index contributed by atoms with van der Waals surface area (Å²) < 4.78 is 5.63. The Morgan fingerprint density at radius 3 is 2.46 bits per heavy atom. The number of carbonyl (C=O) groups is 1. The SMILES string of the molecule is C[C@@H](Oc1cccc(Cl)c1)C(=O)Nc1ccc(Cc2ccncc2)cc1. The van der Waals surface area contributed by atoms with Gasteiger partial charge in [0.25, 0.3) is 5.91 Å². The molecule has 0 aliphatic rings. The second kappa shape index (κ2) is 8.50. The summed E-state index contributed by atoms with van der Waals surface area (Å²) in [6.45, 7) is 1.70. The van der Waals surface area contributed by atoms with E-state index in [0.29, 0.717) is 10.8 Å². The third-order valence-electron chi connectivity index (χ3n) is 3.86. The summed E-state index contributed by atoms with van der Waals surface area (Å²) in [6.07, 6.45) is 3.76. The van der Waals surface area contributed by atoms with Gasteiger partial charge in [-0.3, -0.25) is 9.78 Å². The van der Waals surface area contributed by atoms with Crippen LogP contribution in [0.3, 0.4) is 0 Å². The van der Waals surface area contributed by atoms with Crippen molar-refractivity contribution < 1.29 is 9.53 Å². The molecule has 0 radical (unpaired) electrons. The van der Waals surface area contributed by atoms with Gasteiger partial charge in [0, 0.05) is 23.1 Å². The van der Waals surface area contributed by atoms with Crippen molar-refractivity contribution in [1.29, 1.82) is 0 Å². The summed E-state index contributed by atoms with van der Waals surface area (Å²) in [5.74, 6) is 0.347. The van der Waals surface area contributed by atoms with Crippen LogP contribution >= 0.6 is 11.6 Å². The highest BCUT2D eigenvalue weighted by molar-refractivity contribution is 6.30. The molecule has 0 spiro atoms. The molecule has 0 saturated carbocycles. The number of carbonyl (C=O) groups excluding carboxylic acids is 1. The monoisotopic (exact) mass is 366 g/mol. The van der Waals surface area contributed by atoms with Crippen LogP contribution in [0.5, 0.6) is 5.75 Å². The molecule has 1 N–H and O–H groups in total. The first-order chi connectivity index (χ1) is 12.6. The fourth-order valence-corrected chi connectivity index (χ4v) is 2.66. The quantitative estimate of drug-likeness (QED) is 0.686. The van der Waals surface area contributed by atoms with Crippen LogP contribution in [0.2, 0.25) is 5.02 Å². The molecule has 5 heteroatoms. The van der Waals surface area contributed by atoms with E-state index < -0.39 is 6.10 Å². The molecular formula is C21H19ClN2O2. The van der Waals surface area contributed by atoms with E-state index in [4.69, 9.17) is 16.3 Å². The van der Waals surface area contributed by atoms with Crippen LogP contribution in [0.25, 0.3) is 0 Å². The molecule has 0 aliphatic carbocycles. The zero-order valence-corrected chi connectivity index (χ0v) is 15.1. The van der Waals surface area contributed by atoms with Crippen LogP contribution in [0, 0.1) is 0 Å². The number of nitrogens with zero attached hydrogens (tertiary/aromatic N) is 1. The molecule has 132 valence electrons. The highest BCUT2D eigenvalue weighted by Gasteiger charge is 2.15. The number of aromatic nitrogens is 1. The van der Waals surface area contributed by atoms with Gasteiger partial charge in [0.2, 0.25) is 0 Å². The predicted octanol–water partition coefficient (Wildman–Crippen LogP) is 4.73. The maximum Gasteiger partial charge on any atom is 0.265 e. The van der Waals surface area contributed by atoms with Crippen LogP contribution < -0.4 is 10.1 Å². The minimum absolute atomic E-state index is 0.216. The van der Waals surface area contributed by atoms with Gasteiger partial charge >= 0.3 is 0 Å². The molecule has 0 unspecified atom stereocenters. The lowest BCUT2D eigenvalue weighted by atomic mass is 10.1. The van der Waals surface area contributed by atoms with Gasteiger partial charge in [0.1, 0.15) is 5.75 Å². The Morgan fingerprint density at radius 1 is 1.08 bits per heavy atom. The molecule has 4 nitrogen and oxygen atoms in total. The van der Waals surface area contributed by atoms with E-state index in [2.05, 4.69) is 10.3 Å². The van der Waals surface area contributed by atoms with Crippen LogP contribution in [0.15, 0.2) is 73.1 Å². The van der Waals surface area contributed by atoms with Crippen molar-refractivity contribution >= 4 is 23.2 Å². The number of hydrogen-bond acceptors (Lipinski definition) is 3. The highest BCUT2D eigenvalue weighted by atomic mass is 35.5. The fraction of sp³-hybridized carbons (Fsp3) is 0.143. The maximum absolute atomic E-state index is 12.3. The molecule has 0 bridgehead atoms. The van der Waals surface area contributed by atoms with E-state index in [-0.39, 0.29) is 5.91 Å². The van der Waals surface area contributed by atoms with Gasteiger partial charge in [0.05, 0.1) is 0 Å². The first-order valence-corrected chi connectivity index (χ1v) is 8.69. The lowest BCUT2D eigenvalue weighted by molar-refractivity contribution is -0.122. The molecule has 1 aromatic heterocycles. The Hall–Kier alpha value is -2.85. The third kappa shape index (κ3) is 5.07. The minimum atomic E-state index is -0.634. The molecule has 3 aromatic rings. The van der Waals surface area contributed by atoms with Crippen molar-refractivity contribution in [1.82, 2.24) is 4.98 Å². The predicted molar refractivity (Wildman–Crippen MR) is 104 cm³/mol. The minimum Gasteiger partial charge on any atom is -0.481 e. The second-order valence-corrected chi connectivity index (χ2v) is 6.37. The molecule has 1 amide bonds. The smallest absolute Gasteiger partial charge is 0.265 e. The van der Waals surface area contributed by atoms with Crippen molar-refractivity contribution in [3.05, 3.63) is 89.2 Å². The number of nitrogens with one attached hydrogen (secondary N) is 1. The summed E-state index contributed by atoms with van der Waals surface area (Å²) in [4.78, 5) is 16.3. The van der Waals surface area contributed by atoms with Crippen molar-refractivity contribution in [3.8, 4) is 5.75 Å². The molecule has 2 aromatic carbocycles. The van der Waals surface area contributed by atoms with E-state index in [1.165, 1.54) is 5.56 Å². The summed E-state index contributed by atoms with van der Waals surface area (Å²) in [6, 6.07) is 18.7. The largest absolute Gasteiger partial charge is 0.481 e. The Kier molecular flexibility index (Phi) is 5.87. The van der Waals surface area contributed by atoms with Crippen molar-refractivity contribution in [3.63, 3.8) is 0 Å². The van der Waals surface area contributed by atoms with Gasteiger partial charge < -0.3 is 10.1 Å². The molecule has 1 atom stereocenters. The van der Waals surface area contributed by atoms with E-state index in [1.807, 2.05) is 36.4 Å². The molecule has 0 saturated heterocycles. The van der Waals surface area contributed by atoms with E-state index in [9.17, 15) is 4.79 Å². The van der Waals surface area contributed by atoms with Crippen molar-refractivity contribution in [2.24, 2.45) is 0 Å². The fourth-order valence-electron chi connectivity index (χ4n) is 2.48. The molecule has 0 fully saturated rings. The van der Waals surface area contributed by atoms with Crippen molar-refractivity contribution in [2.75, 3.05) is 5.32 Å². The van der Waals surface area contributed by atoms with Crippen LogP contribution in [-0.4, -0.2) is 17.0 Å². The molecule has 0 aliphatic heterocycles. The van der Waals surface area contributed by atoms with Gasteiger partial charge in [-0.25, -0.2) is 0 Å².